The highest BCUT2D eigenvalue weighted by Crippen LogP contribution is 2.25. The number of fused-ring (bicyclic) bond motifs is 1. The molecule has 1 N–H and O–H groups in total. The summed E-state index contributed by atoms with van der Waals surface area (Å²) < 4.78 is 0. The normalized spacial score (nSPS) is 15.4. The number of H-pyrrole nitrogens is 1. The van der Waals surface area contributed by atoms with E-state index in [2.05, 4.69) is 46.0 Å². The molecule has 140 valence electrons. The number of anilines is 1. The number of benzene rings is 2. The van der Waals surface area contributed by atoms with Gasteiger partial charge in [0.25, 0.3) is 0 Å². The van der Waals surface area contributed by atoms with Gasteiger partial charge in [-0.3, -0.25) is 9.69 Å². The second-order valence-electron chi connectivity index (χ2n) is 7.34. The number of hydrogen-bond acceptors (Lipinski definition) is 3. The van der Waals surface area contributed by atoms with Gasteiger partial charge in [0.2, 0.25) is 0 Å². The molecule has 0 bridgehead atoms. The van der Waals surface area contributed by atoms with Crippen LogP contribution in [0.2, 0.25) is 5.02 Å². The first kappa shape index (κ1) is 18.1. The maximum Gasteiger partial charge on any atom is 0.179 e. The van der Waals surface area contributed by atoms with Gasteiger partial charge in [-0.15, -0.1) is 0 Å². The minimum Gasteiger partial charge on any atom is -0.369 e. The molecule has 0 unspecified atom stereocenters. The highest BCUT2D eigenvalue weighted by molar-refractivity contribution is 6.30. The number of nitrogens with zero attached hydrogens (tertiary/aromatic N) is 2. The van der Waals surface area contributed by atoms with Crippen LogP contribution in [0.5, 0.6) is 0 Å². The number of halogens is 1. The van der Waals surface area contributed by atoms with Crippen LogP contribution in [0.15, 0.2) is 42.5 Å². The lowest BCUT2D eigenvalue weighted by Gasteiger charge is -2.35. The lowest BCUT2D eigenvalue weighted by atomic mass is 10.0. The number of aromatic nitrogens is 1. The third-order valence-corrected chi connectivity index (χ3v) is 5.57. The average molecular weight is 382 g/mol. The Balaban J connectivity index is 1.44. The largest absolute Gasteiger partial charge is 0.369 e. The van der Waals surface area contributed by atoms with Crippen molar-refractivity contribution in [3.63, 3.8) is 0 Å². The molecule has 4 nitrogen and oxygen atoms in total. The zero-order valence-electron chi connectivity index (χ0n) is 15.8. The van der Waals surface area contributed by atoms with Crippen LogP contribution >= 0.6 is 11.6 Å². The molecule has 2 aromatic carbocycles. The highest BCUT2D eigenvalue weighted by Gasteiger charge is 2.22. The molecule has 1 fully saturated rings. The number of ketones is 1. The topological polar surface area (TPSA) is 39.3 Å². The van der Waals surface area contributed by atoms with Gasteiger partial charge >= 0.3 is 0 Å². The Morgan fingerprint density at radius 2 is 1.85 bits per heavy atom. The number of hydrogen-bond donors (Lipinski definition) is 1. The number of carbonyl (C=O) groups excluding carboxylic acids is 1. The van der Waals surface area contributed by atoms with Crippen LogP contribution in [-0.2, 0) is 0 Å². The molecule has 0 radical (unpaired) electrons. The predicted molar refractivity (Wildman–Crippen MR) is 112 cm³/mol. The monoisotopic (exact) mass is 381 g/mol. The van der Waals surface area contributed by atoms with Gasteiger partial charge in [-0.25, -0.2) is 0 Å². The van der Waals surface area contributed by atoms with Crippen molar-refractivity contribution >= 4 is 34.0 Å². The molecular weight excluding hydrogens is 358 g/mol. The Morgan fingerprint density at radius 1 is 1.07 bits per heavy atom. The molecule has 0 atom stereocenters. The minimum absolute atomic E-state index is 0.193. The second-order valence-corrected chi connectivity index (χ2v) is 7.78. The standard InChI is InChI=1S/C22H24ClN3O/c1-15-6-7-19-20(12-15)24-16(2)22(19)21(27)14-25-8-10-26(11-9-25)18-5-3-4-17(23)13-18/h3-7,12-13,24H,8-11,14H2,1-2H3. The fraction of sp³-hybridized carbons (Fsp3) is 0.318. The van der Waals surface area contributed by atoms with E-state index in [0.717, 1.165) is 59.0 Å². The van der Waals surface area contributed by atoms with Crippen molar-refractivity contribution in [1.82, 2.24) is 9.88 Å². The van der Waals surface area contributed by atoms with Crippen molar-refractivity contribution in [2.75, 3.05) is 37.6 Å². The summed E-state index contributed by atoms with van der Waals surface area (Å²) in [6.07, 6.45) is 0. The molecule has 4 rings (SSSR count). The first-order chi connectivity index (χ1) is 13.0. The Morgan fingerprint density at radius 3 is 2.59 bits per heavy atom. The van der Waals surface area contributed by atoms with Crippen molar-refractivity contribution in [2.24, 2.45) is 0 Å². The van der Waals surface area contributed by atoms with Crippen molar-refractivity contribution < 1.29 is 4.79 Å². The Hall–Kier alpha value is -2.30. The predicted octanol–water partition coefficient (Wildman–Crippen LogP) is 4.44. The van der Waals surface area contributed by atoms with E-state index in [1.54, 1.807) is 0 Å². The van der Waals surface area contributed by atoms with E-state index in [0.29, 0.717) is 6.54 Å². The van der Waals surface area contributed by atoms with Gasteiger partial charge in [0.15, 0.2) is 5.78 Å². The number of nitrogens with one attached hydrogen (secondary N) is 1. The van der Waals surface area contributed by atoms with E-state index in [-0.39, 0.29) is 5.78 Å². The molecule has 1 saturated heterocycles. The first-order valence-electron chi connectivity index (χ1n) is 9.36. The van der Waals surface area contributed by atoms with Crippen LogP contribution in [0, 0.1) is 13.8 Å². The number of Topliss-reactive ketones (excluding diaryl/α,β-unsaturated/α-hetero) is 1. The van der Waals surface area contributed by atoms with Crippen LogP contribution in [-0.4, -0.2) is 48.4 Å². The van der Waals surface area contributed by atoms with Gasteiger partial charge in [0.1, 0.15) is 0 Å². The smallest absolute Gasteiger partial charge is 0.179 e. The van der Waals surface area contributed by atoms with Crippen molar-refractivity contribution in [2.45, 2.75) is 13.8 Å². The summed E-state index contributed by atoms with van der Waals surface area (Å²) in [6.45, 7) is 8.07. The van der Waals surface area contributed by atoms with E-state index < -0.39 is 0 Å². The summed E-state index contributed by atoms with van der Waals surface area (Å²) >= 11 is 6.11. The Labute approximate surface area is 164 Å². The Bertz CT molecular complexity index is 986. The summed E-state index contributed by atoms with van der Waals surface area (Å²) in [4.78, 5) is 20.9. The van der Waals surface area contributed by atoms with E-state index >= 15 is 0 Å². The molecule has 1 aliphatic rings. The molecular formula is C22H24ClN3O. The average Bonchev–Trinajstić information content (AvgIpc) is 2.97. The van der Waals surface area contributed by atoms with Gasteiger partial charge in [-0.2, -0.15) is 0 Å². The Kier molecular flexibility index (Phi) is 4.94. The van der Waals surface area contributed by atoms with E-state index in [1.165, 1.54) is 5.56 Å². The quantitative estimate of drug-likeness (QED) is 0.679. The van der Waals surface area contributed by atoms with Crippen LogP contribution in [0.25, 0.3) is 10.9 Å². The van der Waals surface area contributed by atoms with Crippen LogP contribution in [0.1, 0.15) is 21.6 Å². The summed E-state index contributed by atoms with van der Waals surface area (Å²) in [5.41, 5.74) is 5.18. The molecule has 1 aliphatic heterocycles. The van der Waals surface area contributed by atoms with Gasteiger partial charge in [0.05, 0.1) is 6.54 Å². The maximum absolute atomic E-state index is 13.0. The number of rotatable bonds is 4. The van der Waals surface area contributed by atoms with E-state index in [1.807, 2.05) is 25.1 Å². The summed E-state index contributed by atoms with van der Waals surface area (Å²) in [5.74, 6) is 0.193. The molecule has 27 heavy (non-hydrogen) atoms. The lowest BCUT2D eigenvalue weighted by Crippen LogP contribution is -2.48. The SMILES string of the molecule is Cc1ccc2c(C(=O)CN3CCN(c4cccc(Cl)c4)CC3)c(C)[nH]c2c1. The fourth-order valence-corrected chi connectivity index (χ4v) is 4.11. The van der Waals surface area contributed by atoms with Crippen molar-refractivity contribution in [3.05, 3.63) is 64.3 Å². The molecule has 0 aliphatic carbocycles. The first-order valence-corrected chi connectivity index (χ1v) is 9.74. The number of aromatic amines is 1. The van der Waals surface area contributed by atoms with Crippen LogP contribution in [0.3, 0.4) is 0 Å². The zero-order valence-corrected chi connectivity index (χ0v) is 16.5. The third-order valence-electron chi connectivity index (χ3n) is 5.33. The molecule has 5 heteroatoms. The number of piperazine rings is 1. The zero-order chi connectivity index (χ0) is 19.0. The summed E-state index contributed by atoms with van der Waals surface area (Å²) in [7, 11) is 0. The maximum atomic E-state index is 13.0. The molecule has 0 saturated carbocycles. The highest BCUT2D eigenvalue weighted by atomic mass is 35.5. The second kappa shape index (κ2) is 7.37. The molecule has 3 aromatic rings. The fourth-order valence-electron chi connectivity index (χ4n) is 3.92. The van der Waals surface area contributed by atoms with E-state index in [9.17, 15) is 4.79 Å². The van der Waals surface area contributed by atoms with Gasteiger partial charge in [-0.05, 0) is 43.7 Å². The van der Waals surface area contributed by atoms with Gasteiger partial charge in [0, 0.05) is 59.0 Å². The van der Waals surface area contributed by atoms with Crippen molar-refractivity contribution in [3.8, 4) is 0 Å². The van der Waals surface area contributed by atoms with Crippen molar-refractivity contribution in [1.29, 1.82) is 0 Å². The summed E-state index contributed by atoms with van der Waals surface area (Å²) in [5, 5.41) is 1.79. The van der Waals surface area contributed by atoms with Gasteiger partial charge < -0.3 is 9.88 Å². The minimum atomic E-state index is 0.193. The molecule has 0 amide bonds. The molecule has 0 spiro atoms. The molecule has 2 heterocycles. The van der Waals surface area contributed by atoms with E-state index in [4.69, 9.17) is 11.6 Å². The number of aryl methyl sites for hydroxylation is 2. The summed E-state index contributed by atoms with van der Waals surface area (Å²) in [6, 6.07) is 14.2. The number of carbonyl (C=O) groups is 1. The van der Waals surface area contributed by atoms with Crippen LogP contribution in [0.4, 0.5) is 5.69 Å². The van der Waals surface area contributed by atoms with Gasteiger partial charge in [-0.1, -0.05) is 29.8 Å². The molecule has 1 aromatic heterocycles. The third kappa shape index (κ3) is 3.73. The lowest BCUT2D eigenvalue weighted by molar-refractivity contribution is 0.0927. The van der Waals surface area contributed by atoms with Crippen LogP contribution < -0.4 is 4.90 Å².